The molecule has 1 aliphatic carbocycles. The summed E-state index contributed by atoms with van der Waals surface area (Å²) in [4.78, 5) is 12.0. The number of hydrogen-bond donors (Lipinski definition) is 0. The molecule has 0 saturated heterocycles. The van der Waals surface area contributed by atoms with E-state index < -0.39 is 0 Å². The normalized spacial score (nSPS) is 17.3. The molecule has 0 amide bonds. The zero-order valence-electron chi connectivity index (χ0n) is 11.0. The number of Topliss-reactive ketones (excluding diaryl/α,β-unsaturated/α-hetero) is 1. The summed E-state index contributed by atoms with van der Waals surface area (Å²) in [6.45, 7) is 1.83. The largest absolute Gasteiger partial charge is 0.378 e. The number of benzene rings is 1. The molecular weight excluding hydrogens is 231 g/mol. The van der Waals surface area contributed by atoms with Crippen LogP contribution >= 0.6 is 0 Å². The minimum atomic E-state index is -0.254. The van der Waals surface area contributed by atoms with Gasteiger partial charge in [0.2, 0.25) is 0 Å². The smallest absolute Gasteiger partial charge is 0.140 e. The first-order valence-electron chi connectivity index (χ1n) is 6.36. The second kappa shape index (κ2) is 5.19. The first-order valence-corrected chi connectivity index (χ1v) is 6.36. The van der Waals surface area contributed by atoms with Crippen LogP contribution in [-0.2, 0) is 16.0 Å². The van der Waals surface area contributed by atoms with E-state index in [1.54, 1.807) is 13.2 Å². The van der Waals surface area contributed by atoms with Crippen molar-refractivity contribution in [2.24, 2.45) is 0 Å². The molecule has 0 spiro atoms. The Bertz CT molecular complexity index is 444. The molecule has 1 fully saturated rings. The summed E-state index contributed by atoms with van der Waals surface area (Å²) >= 11 is 0. The number of methoxy groups -OCH3 is 1. The minimum absolute atomic E-state index is 0.172. The van der Waals surface area contributed by atoms with Gasteiger partial charge < -0.3 is 4.74 Å². The van der Waals surface area contributed by atoms with Gasteiger partial charge in [-0.1, -0.05) is 6.07 Å². The predicted molar refractivity (Wildman–Crippen MR) is 68.1 cm³/mol. The lowest BCUT2D eigenvalue weighted by Gasteiger charge is -2.40. The number of rotatable bonds is 5. The van der Waals surface area contributed by atoms with E-state index in [0.29, 0.717) is 12.8 Å². The molecule has 1 saturated carbocycles. The SMILES string of the molecule is COC1(CC(=O)Cc2ccc(F)cc2C)CCC1. The fraction of sp³-hybridized carbons (Fsp3) is 0.533. The van der Waals surface area contributed by atoms with Crippen molar-refractivity contribution in [1.29, 1.82) is 0 Å². The van der Waals surface area contributed by atoms with Crippen LogP contribution in [0.3, 0.4) is 0 Å². The highest BCUT2D eigenvalue weighted by molar-refractivity contribution is 5.82. The molecule has 0 heterocycles. The van der Waals surface area contributed by atoms with E-state index in [9.17, 15) is 9.18 Å². The Balaban J connectivity index is 1.98. The van der Waals surface area contributed by atoms with Crippen molar-refractivity contribution in [2.75, 3.05) is 7.11 Å². The molecule has 0 unspecified atom stereocenters. The molecule has 1 aromatic carbocycles. The molecule has 0 aliphatic heterocycles. The molecule has 1 aromatic rings. The summed E-state index contributed by atoms with van der Waals surface area (Å²) in [5.41, 5.74) is 1.53. The van der Waals surface area contributed by atoms with Crippen LogP contribution in [0.15, 0.2) is 18.2 Å². The van der Waals surface area contributed by atoms with Crippen LogP contribution < -0.4 is 0 Å². The maximum absolute atomic E-state index is 13.0. The molecular formula is C15H19FO2. The van der Waals surface area contributed by atoms with Crippen molar-refractivity contribution in [2.45, 2.75) is 44.6 Å². The van der Waals surface area contributed by atoms with Gasteiger partial charge >= 0.3 is 0 Å². The third-order valence-electron chi connectivity index (χ3n) is 3.91. The number of halogens is 1. The molecule has 0 aromatic heterocycles. The lowest BCUT2D eigenvalue weighted by Crippen LogP contribution is -2.41. The number of carbonyl (C=O) groups excluding carboxylic acids is 1. The summed E-state index contributed by atoms with van der Waals surface area (Å²) in [7, 11) is 1.68. The van der Waals surface area contributed by atoms with Crippen LogP contribution in [0.2, 0.25) is 0 Å². The van der Waals surface area contributed by atoms with Crippen LogP contribution in [0.4, 0.5) is 4.39 Å². The van der Waals surface area contributed by atoms with Crippen molar-refractivity contribution < 1.29 is 13.9 Å². The highest BCUT2D eigenvalue weighted by atomic mass is 19.1. The van der Waals surface area contributed by atoms with E-state index in [2.05, 4.69) is 0 Å². The summed E-state index contributed by atoms with van der Waals surface area (Å²) in [5, 5.41) is 0. The Morgan fingerprint density at radius 3 is 2.67 bits per heavy atom. The standard InChI is InChI=1S/C15H19FO2/c1-11-8-13(16)5-4-12(11)9-14(17)10-15(18-2)6-3-7-15/h4-5,8H,3,6-7,9-10H2,1-2H3. The second-order valence-electron chi connectivity index (χ2n) is 5.20. The van der Waals surface area contributed by atoms with Gasteiger partial charge in [-0.3, -0.25) is 4.79 Å². The zero-order chi connectivity index (χ0) is 13.2. The van der Waals surface area contributed by atoms with Crippen LogP contribution in [0.5, 0.6) is 0 Å². The third-order valence-corrected chi connectivity index (χ3v) is 3.91. The molecule has 0 atom stereocenters. The van der Waals surface area contributed by atoms with Crippen LogP contribution in [0, 0.1) is 12.7 Å². The first-order chi connectivity index (χ1) is 8.54. The highest BCUT2D eigenvalue weighted by Gasteiger charge is 2.38. The Hall–Kier alpha value is -1.22. The Kier molecular flexibility index (Phi) is 3.81. The Morgan fingerprint density at radius 1 is 1.44 bits per heavy atom. The van der Waals surface area contributed by atoms with Crippen molar-refractivity contribution in [1.82, 2.24) is 0 Å². The van der Waals surface area contributed by atoms with Gasteiger partial charge in [0, 0.05) is 20.0 Å². The van der Waals surface area contributed by atoms with E-state index >= 15 is 0 Å². The van der Waals surface area contributed by atoms with Gasteiger partial charge in [0.1, 0.15) is 11.6 Å². The third kappa shape index (κ3) is 2.78. The monoisotopic (exact) mass is 250 g/mol. The fourth-order valence-electron chi connectivity index (χ4n) is 2.52. The van der Waals surface area contributed by atoms with Gasteiger partial charge in [0.15, 0.2) is 0 Å². The predicted octanol–water partition coefficient (Wildman–Crippen LogP) is 3.20. The number of carbonyl (C=O) groups is 1. The number of hydrogen-bond acceptors (Lipinski definition) is 2. The fourth-order valence-corrected chi connectivity index (χ4v) is 2.52. The molecule has 0 radical (unpaired) electrons. The van der Waals surface area contributed by atoms with Gasteiger partial charge in [-0.2, -0.15) is 0 Å². The van der Waals surface area contributed by atoms with E-state index in [1.807, 2.05) is 6.92 Å². The summed E-state index contributed by atoms with van der Waals surface area (Å²) in [5.74, 6) is -0.0812. The Labute approximate surface area is 107 Å². The van der Waals surface area contributed by atoms with Gasteiger partial charge in [0.05, 0.1) is 5.60 Å². The molecule has 3 heteroatoms. The maximum Gasteiger partial charge on any atom is 0.140 e. The number of ether oxygens (including phenoxy) is 1. The first kappa shape index (κ1) is 13.2. The summed E-state index contributed by atoms with van der Waals surface area (Å²) in [6, 6.07) is 4.58. The van der Waals surface area contributed by atoms with Crippen molar-refractivity contribution in [3.05, 3.63) is 35.1 Å². The quantitative estimate of drug-likeness (QED) is 0.802. The molecule has 0 N–H and O–H groups in total. The molecule has 0 bridgehead atoms. The zero-order valence-corrected chi connectivity index (χ0v) is 11.0. The maximum atomic E-state index is 13.0. The molecule has 1 aliphatic rings. The topological polar surface area (TPSA) is 26.3 Å². The van der Waals surface area contributed by atoms with Crippen LogP contribution in [-0.4, -0.2) is 18.5 Å². The van der Waals surface area contributed by atoms with Gasteiger partial charge in [-0.05, 0) is 49.4 Å². The lowest BCUT2D eigenvalue weighted by molar-refractivity contribution is -0.131. The number of aryl methyl sites for hydroxylation is 1. The van der Waals surface area contributed by atoms with Crippen molar-refractivity contribution in [3.63, 3.8) is 0 Å². The lowest BCUT2D eigenvalue weighted by atomic mass is 9.76. The molecule has 98 valence electrons. The second-order valence-corrected chi connectivity index (χ2v) is 5.20. The summed E-state index contributed by atoms with van der Waals surface area (Å²) < 4.78 is 18.4. The van der Waals surface area contributed by atoms with E-state index in [1.165, 1.54) is 12.1 Å². The van der Waals surface area contributed by atoms with E-state index in [4.69, 9.17) is 4.74 Å². The molecule has 2 nitrogen and oxygen atoms in total. The molecule has 2 rings (SSSR count). The van der Waals surface area contributed by atoms with E-state index in [0.717, 1.165) is 30.4 Å². The van der Waals surface area contributed by atoms with E-state index in [-0.39, 0.29) is 17.2 Å². The van der Waals surface area contributed by atoms with Crippen molar-refractivity contribution >= 4 is 5.78 Å². The molecule has 18 heavy (non-hydrogen) atoms. The van der Waals surface area contributed by atoms with Crippen LogP contribution in [0.1, 0.15) is 36.8 Å². The highest BCUT2D eigenvalue weighted by Crippen LogP contribution is 2.38. The average Bonchev–Trinajstić information content (AvgIpc) is 2.27. The van der Waals surface area contributed by atoms with Gasteiger partial charge in [-0.15, -0.1) is 0 Å². The number of ketones is 1. The minimum Gasteiger partial charge on any atom is -0.378 e. The van der Waals surface area contributed by atoms with Crippen LogP contribution in [0.25, 0.3) is 0 Å². The van der Waals surface area contributed by atoms with Gasteiger partial charge in [0.25, 0.3) is 0 Å². The summed E-state index contributed by atoms with van der Waals surface area (Å²) in [6.07, 6.45) is 3.92. The van der Waals surface area contributed by atoms with Crippen molar-refractivity contribution in [3.8, 4) is 0 Å². The average molecular weight is 250 g/mol. The Morgan fingerprint density at radius 2 is 2.17 bits per heavy atom. The van der Waals surface area contributed by atoms with Gasteiger partial charge in [-0.25, -0.2) is 4.39 Å².